The van der Waals surface area contributed by atoms with Crippen molar-refractivity contribution in [3.05, 3.63) is 38.7 Å². The zero-order valence-corrected chi connectivity index (χ0v) is 14.3. The van der Waals surface area contributed by atoms with Gasteiger partial charge in [-0.05, 0) is 47.7 Å². The lowest BCUT2D eigenvalue weighted by Gasteiger charge is -2.05. The van der Waals surface area contributed by atoms with E-state index in [0.717, 1.165) is 20.1 Å². The predicted molar refractivity (Wildman–Crippen MR) is 89.5 cm³/mol. The van der Waals surface area contributed by atoms with E-state index in [1.807, 2.05) is 5.38 Å². The zero-order chi connectivity index (χ0) is 15.2. The topological polar surface area (TPSA) is 51.2 Å². The number of hydrogen-bond acceptors (Lipinski definition) is 5. The van der Waals surface area contributed by atoms with E-state index in [1.54, 1.807) is 13.0 Å². The summed E-state index contributed by atoms with van der Waals surface area (Å²) in [6.07, 6.45) is 0.878. The summed E-state index contributed by atoms with van der Waals surface area (Å²) in [4.78, 5) is 15.7. The summed E-state index contributed by atoms with van der Waals surface area (Å²) in [6.45, 7) is 2.18. The van der Waals surface area contributed by atoms with Crippen molar-refractivity contribution >= 4 is 50.7 Å². The molecule has 7 heteroatoms. The van der Waals surface area contributed by atoms with Crippen LogP contribution in [0, 0.1) is 9.39 Å². The third-order valence-electron chi connectivity index (χ3n) is 2.62. The summed E-state index contributed by atoms with van der Waals surface area (Å²) in [7, 11) is 0. The van der Waals surface area contributed by atoms with Crippen molar-refractivity contribution < 1.29 is 13.9 Å². The Bertz CT molecular complexity index is 633. The van der Waals surface area contributed by atoms with Gasteiger partial charge in [0.1, 0.15) is 5.82 Å². The molecule has 0 bridgehead atoms. The van der Waals surface area contributed by atoms with Crippen LogP contribution in [0.1, 0.15) is 19.0 Å². The monoisotopic (exact) mass is 420 g/mol. The maximum absolute atomic E-state index is 13.0. The molecule has 112 valence electrons. The van der Waals surface area contributed by atoms with E-state index in [2.05, 4.69) is 32.9 Å². The molecule has 0 spiro atoms. The number of carbonyl (C=O) groups is 1. The highest BCUT2D eigenvalue weighted by atomic mass is 127. The van der Waals surface area contributed by atoms with Crippen LogP contribution in [0.25, 0.3) is 0 Å². The molecule has 0 amide bonds. The standard InChI is InChI=1S/C14H14FIN2O2S/c1-2-20-13(19)6-4-10-8-21-14(17-10)18-12-5-3-9(15)7-11(12)16/h3,5,7-8H,2,4,6H2,1H3,(H,17,18). The van der Waals surface area contributed by atoms with Crippen LogP contribution in [0.3, 0.4) is 0 Å². The van der Waals surface area contributed by atoms with Crippen LogP contribution >= 0.6 is 33.9 Å². The van der Waals surface area contributed by atoms with Crippen LogP contribution in [0.15, 0.2) is 23.6 Å². The first-order chi connectivity index (χ1) is 10.1. The molecule has 1 heterocycles. The van der Waals surface area contributed by atoms with E-state index in [-0.39, 0.29) is 11.8 Å². The van der Waals surface area contributed by atoms with Crippen molar-refractivity contribution in [2.24, 2.45) is 0 Å². The molecule has 0 unspecified atom stereocenters. The number of hydrogen-bond donors (Lipinski definition) is 1. The third kappa shape index (κ3) is 4.92. The minimum Gasteiger partial charge on any atom is -0.466 e. The van der Waals surface area contributed by atoms with E-state index >= 15 is 0 Å². The highest BCUT2D eigenvalue weighted by Crippen LogP contribution is 2.25. The fraction of sp³-hybridized carbons (Fsp3) is 0.286. The Morgan fingerprint density at radius 1 is 1.52 bits per heavy atom. The van der Waals surface area contributed by atoms with Gasteiger partial charge in [-0.15, -0.1) is 11.3 Å². The average molecular weight is 420 g/mol. The molecule has 1 aromatic carbocycles. The summed E-state index contributed by atoms with van der Waals surface area (Å²) >= 11 is 3.52. The third-order valence-corrected chi connectivity index (χ3v) is 4.31. The second-order valence-corrected chi connectivity index (χ2v) is 6.22. The number of nitrogens with one attached hydrogen (secondary N) is 1. The van der Waals surface area contributed by atoms with Crippen molar-refractivity contribution in [1.29, 1.82) is 0 Å². The molecular formula is C14H14FIN2O2S. The van der Waals surface area contributed by atoms with Crippen molar-refractivity contribution in [3.8, 4) is 0 Å². The number of aromatic nitrogens is 1. The SMILES string of the molecule is CCOC(=O)CCc1csc(Nc2ccc(F)cc2I)n1. The Balaban J connectivity index is 1.95. The van der Waals surface area contributed by atoms with E-state index in [1.165, 1.54) is 23.5 Å². The van der Waals surface area contributed by atoms with Crippen LogP contribution in [0.4, 0.5) is 15.2 Å². The molecule has 1 aromatic heterocycles. The van der Waals surface area contributed by atoms with Crippen LogP contribution < -0.4 is 5.32 Å². The van der Waals surface area contributed by atoms with Gasteiger partial charge in [0, 0.05) is 15.4 Å². The number of esters is 1. The minimum atomic E-state index is -0.265. The second kappa shape index (κ2) is 7.69. The van der Waals surface area contributed by atoms with E-state index in [4.69, 9.17) is 4.74 Å². The molecule has 4 nitrogen and oxygen atoms in total. The first kappa shape index (κ1) is 16.2. The summed E-state index contributed by atoms with van der Waals surface area (Å²) in [6, 6.07) is 4.54. The van der Waals surface area contributed by atoms with Gasteiger partial charge in [0.2, 0.25) is 0 Å². The summed E-state index contributed by atoms with van der Waals surface area (Å²) in [5, 5.41) is 5.77. The molecule has 1 N–H and O–H groups in total. The van der Waals surface area contributed by atoms with Gasteiger partial charge in [0.05, 0.1) is 24.4 Å². The molecular weight excluding hydrogens is 406 g/mol. The fourth-order valence-electron chi connectivity index (χ4n) is 1.65. The Morgan fingerprint density at radius 3 is 3.05 bits per heavy atom. The molecule has 0 aliphatic rings. The fourth-order valence-corrected chi connectivity index (χ4v) is 3.02. The molecule has 2 aromatic rings. The Hall–Kier alpha value is -1.22. The highest BCUT2D eigenvalue weighted by molar-refractivity contribution is 14.1. The minimum absolute atomic E-state index is 0.215. The van der Waals surface area contributed by atoms with Gasteiger partial charge in [0.25, 0.3) is 0 Å². The number of rotatable bonds is 6. The van der Waals surface area contributed by atoms with Crippen molar-refractivity contribution in [2.45, 2.75) is 19.8 Å². The van der Waals surface area contributed by atoms with Crippen molar-refractivity contribution in [3.63, 3.8) is 0 Å². The molecule has 0 saturated heterocycles. The van der Waals surface area contributed by atoms with E-state index < -0.39 is 0 Å². The molecule has 0 fully saturated rings. The number of ether oxygens (including phenoxy) is 1. The largest absolute Gasteiger partial charge is 0.466 e. The summed E-state index contributed by atoms with van der Waals surface area (Å²) < 4.78 is 18.7. The Labute approximate surface area is 139 Å². The van der Waals surface area contributed by atoms with Gasteiger partial charge in [-0.1, -0.05) is 0 Å². The Kier molecular flexibility index (Phi) is 5.92. The van der Waals surface area contributed by atoms with Gasteiger partial charge >= 0.3 is 5.97 Å². The molecule has 21 heavy (non-hydrogen) atoms. The molecule has 0 aliphatic heterocycles. The number of anilines is 2. The van der Waals surface area contributed by atoms with Gasteiger partial charge < -0.3 is 10.1 Å². The van der Waals surface area contributed by atoms with E-state index in [0.29, 0.717) is 19.4 Å². The van der Waals surface area contributed by atoms with Gasteiger partial charge in [-0.2, -0.15) is 0 Å². The molecule has 0 radical (unpaired) electrons. The lowest BCUT2D eigenvalue weighted by Crippen LogP contribution is -2.05. The first-order valence-electron chi connectivity index (χ1n) is 6.40. The predicted octanol–water partition coefficient (Wildman–Crippen LogP) is 4.13. The van der Waals surface area contributed by atoms with Gasteiger partial charge in [0.15, 0.2) is 5.13 Å². The van der Waals surface area contributed by atoms with Crippen LogP contribution in [0.5, 0.6) is 0 Å². The first-order valence-corrected chi connectivity index (χ1v) is 8.36. The average Bonchev–Trinajstić information content (AvgIpc) is 2.88. The number of thiazole rings is 1. The summed E-state index contributed by atoms with van der Waals surface area (Å²) in [5.41, 5.74) is 1.65. The Morgan fingerprint density at radius 2 is 2.33 bits per heavy atom. The van der Waals surface area contributed by atoms with Crippen LogP contribution in [-0.4, -0.2) is 17.6 Å². The number of aryl methyl sites for hydroxylation is 1. The van der Waals surface area contributed by atoms with E-state index in [9.17, 15) is 9.18 Å². The lowest BCUT2D eigenvalue weighted by molar-refractivity contribution is -0.143. The normalized spacial score (nSPS) is 10.4. The maximum Gasteiger partial charge on any atom is 0.306 e. The van der Waals surface area contributed by atoms with Crippen molar-refractivity contribution in [1.82, 2.24) is 4.98 Å². The molecule has 2 rings (SSSR count). The second-order valence-electron chi connectivity index (χ2n) is 4.20. The number of carbonyl (C=O) groups excluding carboxylic acids is 1. The van der Waals surface area contributed by atoms with Crippen molar-refractivity contribution in [2.75, 3.05) is 11.9 Å². The molecule has 0 atom stereocenters. The number of benzene rings is 1. The van der Waals surface area contributed by atoms with Gasteiger partial charge in [-0.25, -0.2) is 9.37 Å². The maximum atomic E-state index is 13.0. The lowest BCUT2D eigenvalue weighted by atomic mass is 10.2. The smallest absolute Gasteiger partial charge is 0.306 e. The molecule has 0 saturated carbocycles. The highest BCUT2D eigenvalue weighted by Gasteiger charge is 2.08. The van der Waals surface area contributed by atoms with Crippen LogP contribution in [0.2, 0.25) is 0 Å². The summed E-state index contributed by atoms with van der Waals surface area (Å²) in [5.74, 6) is -0.479. The number of nitrogens with zero attached hydrogens (tertiary/aromatic N) is 1. The van der Waals surface area contributed by atoms with Gasteiger partial charge in [-0.3, -0.25) is 4.79 Å². The quantitative estimate of drug-likeness (QED) is 0.564. The number of halogens is 2. The van der Waals surface area contributed by atoms with Crippen LogP contribution in [-0.2, 0) is 16.0 Å². The molecule has 0 aliphatic carbocycles. The zero-order valence-electron chi connectivity index (χ0n) is 11.4.